The van der Waals surface area contributed by atoms with Gasteiger partial charge in [-0.25, -0.2) is 4.79 Å². The molecule has 0 aliphatic carbocycles. The van der Waals surface area contributed by atoms with Crippen LogP contribution >= 0.6 is 0 Å². The van der Waals surface area contributed by atoms with Crippen LogP contribution in [-0.4, -0.2) is 0 Å². The molecule has 1 aromatic carbocycles. The maximum absolute atomic E-state index is 11.5. The molecule has 0 saturated carbocycles. The van der Waals surface area contributed by atoms with Crippen LogP contribution in [0.1, 0.15) is 16.7 Å². The van der Waals surface area contributed by atoms with Crippen LogP contribution in [0.4, 0.5) is 0 Å². The third-order valence-corrected chi connectivity index (χ3v) is 3.13. The van der Waals surface area contributed by atoms with Gasteiger partial charge in [0.05, 0.1) is 11.6 Å². The van der Waals surface area contributed by atoms with Crippen LogP contribution in [0.25, 0.3) is 21.9 Å². The fraction of sp³-hybridized carbons (Fsp3) is 0.214. The summed E-state index contributed by atoms with van der Waals surface area (Å²) in [5, 5.41) is 1.87. The fourth-order valence-corrected chi connectivity index (χ4v) is 2.28. The first-order chi connectivity index (χ1) is 8.08. The average molecular weight is 228 g/mol. The lowest BCUT2D eigenvalue weighted by Crippen LogP contribution is -1.98. The normalized spacial score (nSPS) is 11.5. The topological polar surface area (TPSA) is 43.4 Å². The SMILES string of the molecule is Cc1cc(=O)oc2c1cc(C)c1occ(C)c12. The molecular weight excluding hydrogens is 216 g/mol. The summed E-state index contributed by atoms with van der Waals surface area (Å²) in [6, 6.07) is 3.52. The zero-order chi connectivity index (χ0) is 12.2. The molecule has 0 saturated heterocycles. The minimum atomic E-state index is -0.319. The zero-order valence-corrected chi connectivity index (χ0v) is 9.96. The smallest absolute Gasteiger partial charge is 0.336 e. The Labute approximate surface area is 97.7 Å². The second kappa shape index (κ2) is 3.23. The number of furan rings is 1. The molecule has 17 heavy (non-hydrogen) atoms. The monoisotopic (exact) mass is 228 g/mol. The number of aryl methyl sites for hydroxylation is 3. The molecule has 0 amide bonds. The first kappa shape index (κ1) is 10.1. The minimum absolute atomic E-state index is 0.319. The fourth-order valence-electron chi connectivity index (χ4n) is 2.28. The third kappa shape index (κ3) is 1.32. The maximum atomic E-state index is 11.5. The van der Waals surface area contributed by atoms with E-state index in [0.717, 1.165) is 33.0 Å². The molecule has 0 aliphatic rings. The molecular formula is C14H12O3. The van der Waals surface area contributed by atoms with Crippen LogP contribution in [0.3, 0.4) is 0 Å². The molecule has 0 atom stereocenters. The quantitative estimate of drug-likeness (QED) is 0.553. The Hall–Kier alpha value is -2.03. The predicted octanol–water partition coefficient (Wildman–Crippen LogP) is 3.46. The number of hydrogen-bond donors (Lipinski definition) is 0. The summed E-state index contributed by atoms with van der Waals surface area (Å²) in [5.41, 5.74) is 4.08. The van der Waals surface area contributed by atoms with Gasteiger partial charge in [-0.15, -0.1) is 0 Å². The minimum Gasteiger partial charge on any atom is -0.464 e. The molecule has 0 fully saturated rings. The molecule has 3 rings (SSSR count). The Morgan fingerprint density at radius 2 is 1.71 bits per heavy atom. The molecule has 86 valence electrons. The first-order valence-electron chi connectivity index (χ1n) is 5.50. The molecule has 0 radical (unpaired) electrons. The molecule has 3 heteroatoms. The summed E-state index contributed by atoms with van der Waals surface area (Å²) in [6.45, 7) is 5.86. The Morgan fingerprint density at radius 1 is 0.941 bits per heavy atom. The molecule has 0 spiro atoms. The highest BCUT2D eigenvalue weighted by Crippen LogP contribution is 2.32. The van der Waals surface area contributed by atoms with Gasteiger partial charge in [-0.1, -0.05) is 0 Å². The summed E-state index contributed by atoms with van der Waals surface area (Å²) in [4.78, 5) is 11.5. The van der Waals surface area contributed by atoms with Crippen LogP contribution in [0.2, 0.25) is 0 Å². The highest BCUT2D eigenvalue weighted by molar-refractivity contribution is 6.06. The van der Waals surface area contributed by atoms with E-state index in [-0.39, 0.29) is 5.63 Å². The second-order valence-electron chi connectivity index (χ2n) is 4.44. The van der Waals surface area contributed by atoms with E-state index >= 15 is 0 Å². The molecule has 0 N–H and O–H groups in total. The van der Waals surface area contributed by atoms with Gasteiger partial charge in [-0.05, 0) is 43.5 Å². The van der Waals surface area contributed by atoms with Crippen molar-refractivity contribution >= 4 is 21.9 Å². The molecule has 0 unspecified atom stereocenters. The van der Waals surface area contributed by atoms with Crippen molar-refractivity contribution in [2.24, 2.45) is 0 Å². The Morgan fingerprint density at radius 3 is 2.47 bits per heavy atom. The lowest BCUT2D eigenvalue weighted by Gasteiger charge is -2.04. The van der Waals surface area contributed by atoms with E-state index in [9.17, 15) is 4.79 Å². The van der Waals surface area contributed by atoms with Gasteiger partial charge in [-0.2, -0.15) is 0 Å². The second-order valence-corrected chi connectivity index (χ2v) is 4.44. The summed E-state index contributed by atoms with van der Waals surface area (Å²) < 4.78 is 10.8. The number of hydrogen-bond acceptors (Lipinski definition) is 3. The highest BCUT2D eigenvalue weighted by atomic mass is 16.4. The van der Waals surface area contributed by atoms with Crippen molar-refractivity contribution in [2.45, 2.75) is 20.8 Å². The van der Waals surface area contributed by atoms with Crippen molar-refractivity contribution in [3.63, 3.8) is 0 Å². The van der Waals surface area contributed by atoms with Crippen molar-refractivity contribution in [3.05, 3.63) is 45.5 Å². The molecule has 2 aromatic heterocycles. The third-order valence-electron chi connectivity index (χ3n) is 3.13. The van der Waals surface area contributed by atoms with Gasteiger partial charge >= 0.3 is 5.63 Å². The van der Waals surface area contributed by atoms with Gasteiger partial charge in [0.15, 0.2) is 0 Å². The van der Waals surface area contributed by atoms with Crippen LogP contribution in [0.5, 0.6) is 0 Å². The molecule has 0 bridgehead atoms. The molecule has 3 nitrogen and oxygen atoms in total. The summed E-state index contributed by atoms with van der Waals surface area (Å²) in [5.74, 6) is 0. The highest BCUT2D eigenvalue weighted by Gasteiger charge is 2.13. The Balaban J connectivity index is 2.71. The number of benzene rings is 1. The van der Waals surface area contributed by atoms with E-state index in [1.165, 1.54) is 6.07 Å². The van der Waals surface area contributed by atoms with E-state index < -0.39 is 0 Å². The van der Waals surface area contributed by atoms with E-state index in [1.807, 2.05) is 26.8 Å². The van der Waals surface area contributed by atoms with Gasteiger partial charge in [0.2, 0.25) is 0 Å². The van der Waals surface area contributed by atoms with Gasteiger partial charge in [0, 0.05) is 11.5 Å². The van der Waals surface area contributed by atoms with Crippen molar-refractivity contribution in [1.29, 1.82) is 0 Å². The van der Waals surface area contributed by atoms with Crippen molar-refractivity contribution in [1.82, 2.24) is 0 Å². The summed E-state index contributed by atoms with van der Waals surface area (Å²) in [7, 11) is 0. The van der Waals surface area contributed by atoms with E-state index in [4.69, 9.17) is 8.83 Å². The number of rotatable bonds is 0. The van der Waals surface area contributed by atoms with Crippen molar-refractivity contribution in [2.75, 3.05) is 0 Å². The standard InChI is InChI=1S/C14H12O3/c1-7-5-11(15)17-14-10(7)4-8(2)13-12(14)9(3)6-16-13/h4-6H,1-3H3. The number of fused-ring (bicyclic) bond motifs is 3. The summed E-state index contributed by atoms with van der Waals surface area (Å²) >= 11 is 0. The van der Waals surface area contributed by atoms with Gasteiger partial charge in [0.1, 0.15) is 11.2 Å². The van der Waals surface area contributed by atoms with Crippen molar-refractivity contribution in [3.8, 4) is 0 Å². The Bertz CT molecular complexity index is 790. The van der Waals surface area contributed by atoms with Crippen LogP contribution in [-0.2, 0) is 0 Å². The van der Waals surface area contributed by atoms with E-state index in [1.54, 1.807) is 6.26 Å². The van der Waals surface area contributed by atoms with Gasteiger partial charge in [-0.3, -0.25) is 0 Å². The Kier molecular flexibility index (Phi) is 1.93. The average Bonchev–Trinajstić information content (AvgIpc) is 2.64. The van der Waals surface area contributed by atoms with Gasteiger partial charge in [0.25, 0.3) is 0 Å². The lowest BCUT2D eigenvalue weighted by atomic mass is 10.0. The maximum Gasteiger partial charge on any atom is 0.336 e. The lowest BCUT2D eigenvalue weighted by molar-refractivity contribution is 0.562. The molecule has 2 heterocycles. The first-order valence-corrected chi connectivity index (χ1v) is 5.50. The van der Waals surface area contributed by atoms with Gasteiger partial charge < -0.3 is 8.83 Å². The van der Waals surface area contributed by atoms with Crippen molar-refractivity contribution < 1.29 is 8.83 Å². The van der Waals surface area contributed by atoms with E-state index in [0.29, 0.717) is 5.58 Å². The van der Waals surface area contributed by atoms with E-state index in [2.05, 4.69) is 0 Å². The van der Waals surface area contributed by atoms with Crippen LogP contribution < -0.4 is 5.63 Å². The predicted molar refractivity (Wildman–Crippen MR) is 66.5 cm³/mol. The molecule has 3 aromatic rings. The van der Waals surface area contributed by atoms with Crippen LogP contribution in [0.15, 0.2) is 32.0 Å². The van der Waals surface area contributed by atoms with Crippen LogP contribution in [0, 0.1) is 20.8 Å². The largest absolute Gasteiger partial charge is 0.464 e. The molecule has 0 aliphatic heterocycles. The zero-order valence-electron chi connectivity index (χ0n) is 9.96. The summed E-state index contributed by atoms with van der Waals surface area (Å²) in [6.07, 6.45) is 1.69.